The Morgan fingerprint density at radius 3 is 2.45 bits per heavy atom. The van der Waals surface area contributed by atoms with Gasteiger partial charge in [0.05, 0.1) is 6.54 Å². The Kier molecular flexibility index (Phi) is 4.08. The number of carbonyl (C=O) groups excluding carboxylic acids is 1. The van der Waals surface area contributed by atoms with Gasteiger partial charge in [-0.05, 0) is 49.6 Å². The van der Waals surface area contributed by atoms with Gasteiger partial charge >= 0.3 is 0 Å². The summed E-state index contributed by atoms with van der Waals surface area (Å²) in [4.78, 5) is 12.2. The Balaban J connectivity index is 2.08. The molecule has 0 bridgehead atoms. The van der Waals surface area contributed by atoms with Crippen molar-refractivity contribution in [3.8, 4) is 0 Å². The molecule has 0 aliphatic heterocycles. The fraction of sp³-hybridized carbons (Fsp3) is 0.235. The van der Waals surface area contributed by atoms with Crippen LogP contribution in [0.2, 0.25) is 0 Å². The average Bonchev–Trinajstić information content (AvgIpc) is 2.42. The van der Waals surface area contributed by atoms with Gasteiger partial charge in [-0.2, -0.15) is 0 Å². The number of benzene rings is 2. The Hall–Kier alpha value is -2.29. The summed E-state index contributed by atoms with van der Waals surface area (Å²) in [7, 11) is 0. The maximum absolute atomic E-state index is 12.2. The zero-order chi connectivity index (χ0) is 14.7. The van der Waals surface area contributed by atoms with E-state index in [0.717, 1.165) is 16.8 Å². The summed E-state index contributed by atoms with van der Waals surface area (Å²) in [6, 6.07) is 11.6. The second kappa shape index (κ2) is 5.78. The molecule has 0 aromatic heterocycles. The number of ketones is 1. The van der Waals surface area contributed by atoms with E-state index in [-0.39, 0.29) is 12.3 Å². The third-order valence-electron chi connectivity index (χ3n) is 3.43. The molecule has 20 heavy (non-hydrogen) atoms. The third-order valence-corrected chi connectivity index (χ3v) is 3.43. The van der Waals surface area contributed by atoms with Crippen molar-refractivity contribution in [2.45, 2.75) is 20.8 Å². The standard InChI is InChI=1S/C17H20N2O/c1-11-4-5-13(3)16(8-11)19-10-17(20)14-7-6-12(2)15(18)9-14/h4-9,19H,10,18H2,1-3H3. The van der Waals surface area contributed by atoms with Gasteiger partial charge in [0.2, 0.25) is 0 Å². The first-order chi connectivity index (χ1) is 9.47. The molecular weight excluding hydrogens is 248 g/mol. The van der Waals surface area contributed by atoms with Gasteiger partial charge in [-0.15, -0.1) is 0 Å². The summed E-state index contributed by atoms with van der Waals surface area (Å²) in [5.74, 6) is 0.0395. The van der Waals surface area contributed by atoms with Crippen LogP contribution in [0.5, 0.6) is 0 Å². The molecule has 0 aliphatic carbocycles. The van der Waals surface area contributed by atoms with Gasteiger partial charge < -0.3 is 11.1 Å². The quantitative estimate of drug-likeness (QED) is 0.659. The third kappa shape index (κ3) is 3.18. The highest BCUT2D eigenvalue weighted by atomic mass is 16.1. The molecule has 0 fully saturated rings. The van der Waals surface area contributed by atoms with Crippen LogP contribution in [0.1, 0.15) is 27.0 Å². The van der Waals surface area contributed by atoms with Crippen LogP contribution in [0.15, 0.2) is 36.4 Å². The summed E-state index contributed by atoms with van der Waals surface area (Å²) < 4.78 is 0. The van der Waals surface area contributed by atoms with Crippen molar-refractivity contribution in [2.75, 3.05) is 17.6 Å². The number of rotatable bonds is 4. The monoisotopic (exact) mass is 268 g/mol. The van der Waals surface area contributed by atoms with Gasteiger partial charge in [0.1, 0.15) is 0 Å². The lowest BCUT2D eigenvalue weighted by molar-refractivity contribution is 0.101. The van der Waals surface area contributed by atoms with Gasteiger partial charge in [-0.1, -0.05) is 24.3 Å². The van der Waals surface area contributed by atoms with Crippen molar-refractivity contribution in [1.29, 1.82) is 0 Å². The number of hydrogen-bond acceptors (Lipinski definition) is 3. The van der Waals surface area contributed by atoms with Crippen LogP contribution in [-0.2, 0) is 0 Å². The first kappa shape index (κ1) is 14.1. The Labute approximate surface area is 119 Å². The molecule has 3 nitrogen and oxygen atoms in total. The molecular formula is C17H20N2O. The van der Waals surface area contributed by atoms with Crippen LogP contribution < -0.4 is 11.1 Å². The maximum atomic E-state index is 12.2. The number of nitrogen functional groups attached to an aromatic ring is 1. The van der Waals surface area contributed by atoms with Crippen molar-refractivity contribution in [2.24, 2.45) is 0 Å². The molecule has 3 heteroatoms. The van der Waals surface area contributed by atoms with Crippen molar-refractivity contribution in [3.05, 3.63) is 58.7 Å². The van der Waals surface area contributed by atoms with Crippen molar-refractivity contribution in [3.63, 3.8) is 0 Å². The zero-order valence-electron chi connectivity index (χ0n) is 12.2. The Morgan fingerprint density at radius 1 is 1.05 bits per heavy atom. The fourth-order valence-electron chi connectivity index (χ4n) is 2.02. The molecule has 0 atom stereocenters. The zero-order valence-corrected chi connectivity index (χ0v) is 12.2. The Bertz CT molecular complexity index is 647. The van der Waals surface area contributed by atoms with E-state index in [1.165, 1.54) is 5.56 Å². The normalized spacial score (nSPS) is 10.3. The first-order valence-corrected chi connectivity index (χ1v) is 6.68. The summed E-state index contributed by atoms with van der Waals surface area (Å²) in [5.41, 5.74) is 11.4. The molecule has 0 unspecified atom stereocenters. The first-order valence-electron chi connectivity index (χ1n) is 6.68. The predicted molar refractivity (Wildman–Crippen MR) is 84.3 cm³/mol. The van der Waals surface area contributed by atoms with Gasteiger partial charge in [-0.25, -0.2) is 0 Å². The van der Waals surface area contributed by atoms with Gasteiger partial charge in [0, 0.05) is 16.9 Å². The van der Waals surface area contributed by atoms with E-state index >= 15 is 0 Å². The SMILES string of the molecule is Cc1ccc(C)c(NCC(=O)c2ccc(C)c(N)c2)c1. The lowest BCUT2D eigenvalue weighted by Gasteiger charge is -2.10. The summed E-state index contributed by atoms with van der Waals surface area (Å²) in [6.45, 7) is 6.26. The highest BCUT2D eigenvalue weighted by molar-refractivity contribution is 5.99. The maximum Gasteiger partial charge on any atom is 0.181 e. The molecule has 2 rings (SSSR count). The number of nitrogens with one attached hydrogen (secondary N) is 1. The Morgan fingerprint density at radius 2 is 1.75 bits per heavy atom. The molecule has 0 saturated heterocycles. The molecule has 2 aromatic rings. The molecule has 0 spiro atoms. The highest BCUT2D eigenvalue weighted by Gasteiger charge is 2.08. The lowest BCUT2D eigenvalue weighted by atomic mass is 10.1. The van der Waals surface area contributed by atoms with E-state index < -0.39 is 0 Å². The van der Waals surface area contributed by atoms with Crippen LogP contribution >= 0.6 is 0 Å². The second-order valence-corrected chi connectivity index (χ2v) is 5.17. The van der Waals surface area contributed by atoms with Crippen LogP contribution in [0.3, 0.4) is 0 Å². The summed E-state index contributed by atoms with van der Waals surface area (Å²) in [5, 5.41) is 3.20. The summed E-state index contributed by atoms with van der Waals surface area (Å²) >= 11 is 0. The van der Waals surface area contributed by atoms with E-state index in [9.17, 15) is 4.79 Å². The smallest absolute Gasteiger partial charge is 0.181 e. The molecule has 104 valence electrons. The number of aryl methyl sites for hydroxylation is 3. The van der Waals surface area contributed by atoms with E-state index in [1.54, 1.807) is 6.07 Å². The molecule has 3 N–H and O–H groups in total. The average molecular weight is 268 g/mol. The highest BCUT2D eigenvalue weighted by Crippen LogP contribution is 2.17. The number of nitrogens with two attached hydrogens (primary N) is 1. The number of carbonyl (C=O) groups is 1. The van der Waals surface area contributed by atoms with Crippen LogP contribution in [0.25, 0.3) is 0 Å². The van der Waals surface area contributed by atoms with E-state index in [1.807, 2.05) is 45.0 Å². The van der Waals surface area contributed by atoms with Crippen molar-refractivity contribution >= 4 is 17.2 Å². The largest absolute Gasteiger partial charge is 0.398 e. The lowest BCUT2D eigenvalue weighted by Crippen LogP contribution is -2.15. The number of anilines is 2. The van der Waals surface area contributed by atoms with Crippen molar-refractivity contribution in [1.82, 2.24) is 0 Å². The molecule has 2 aromatic carbocycles. The second-order valence-electron chi connectivity index (χ2n) is 5.17. The van der Waals surface area contributed by atoms with Crippen LogP contribution in [0.4, 0.5) is 11.4 Å². The summed E-state index contributed by atoms with van der Waals surface area (Å²) in [6.07, 6.45) is 0. The van der Waals surface area contributed by atoms with Gasteiger partial charge in [0.15, 0.2) is 5.78 Å². The van der Waals surface area contributed by atoms with E-state index in [4.69, 9.17) is 5.73 Å². The predicted octanol–water partition coefficient (Wildman–Crippen LogP) is 3.49. The number of Topliss-reactive ketones (excluding diaryl/α,β-unsaturated/α-hetero) is 1. The molecule has 0 heterocycles. The molecule has 0 saturated carbocycles. The minimum atomic E-state index is 0.0395. The van der Waals surface area contributed by atoms with E-state index in [2.05, 4.69) is 11.4 Å². The minimum Gasteiger partial charge on any atom is -0.398 e. The van der Waals surface area contributed by atoms with E-state index in [0.29, 0.717) is 11.3 Å². The fourth-order valence-corrected chi connectivity index (χ4v) is 2.02. The van der Waals surface area contributed by atoms with Crippen molar-refractivity contribution < 1.29 is 4.79 Å². The van der Waals surface area contributed by atoms with Crippen LogP contribution in [0, 0.1) is 20.8 Å². The molecule has 0 aliphatic rings. The molecule has 0 amide bonds. The van der Waals surface area contributed by atoms with Gasteiger partial charge in [0.25, 0.3) is 0 Å². The van der Waals surface area contributed by atoms with Crippen LogP contribution in [-0.4, -0.2) is 12.3 Å². The van der Waals surface area contributed by atoms with Gasteiger partial charge in [-0.3, -0.25) is 4.79 Å². The topological polar surface area (TPSA) is 55.1 Å². The number of hydrogen-bond donors (Lipinski definition) is 2. The minimum absolute atomic E-state index is 0.0395. The molecule has 0 radical (unpaired) electrons.